The largest absolute Gasteiger partial charge is 0.504 e. The number of aromatic hydroxyl groups is 1. The van der Waals surface area contributed by atoms with Crippen molar-refractivity contribution in [2.24, 2.45) is 0 Å². The fourth-order valence-electron chi connectivity index (χ4n) is 2.75. The molecular formula is C19H19NO4. The number of methoxy groups -OCH3 is 3. The van der Waals surface area contributed by atoms with Crippen LogP contribution in [0, 0.1) is 6.92 Å². The van der Waals surface area contributed by atoms with Crippen molar-refractivity contribution in [3.63, 3.8) is 0 Å². The molecule has 0 saturated carbocycles. The normalized spacial score (nSPS) is 10.7. The van der Waals surface area contributed by atoms with E-state index in [-0.39, 0.29) is 5.75 Å². The lowest BCUT2D eigenvalue weighted by Crippen LogP contribution is -1.95. The summed E-state index contributed by atoms with van der Waals surface area (Å²) in [4.78, 5) is 4.68. The Hall–Kier alpha value is -2.95. The first kappa shape index (κ1) is 15.9. The lowest BCUT2D eigenvalue weighted by molar-refractivity contribution is 0.356. The van der Waals surface area contributed by atoms with E-state index in [1.54, 1.807) is 20.3 Å². The molecule has 5 nitrogen and oxygen atoms in total. The summed E-state index contributed by atoms with van der Waals surface area (Å²) in [5.74, 6) is 1.77. The SMILES string of the molecule is COc1cc2nc(-c3cccc(OC)c3O)cc(C)c2cc1OC. The molecule has 0 aliphatic heterocycles. The summed E-state index contributed by atoms with van der Waals surface area (Å²) in [6.45, 7) is 2.00. The molecule has 0 amide bonds. The number of phenolic OH excluding ortho intramolecular Hbond substituents is 1. The maximum absolute atomic E-state index is 10.4. The first-order valence-corrected chi connectivity index (χ1v) is 7.48. The van der Waals surface area contributed by atoms with E-state index in [0.717, 1.165) is 16.5 Å². The van der Waals surface area contributed by atoms with E-state index in [1.807, 2.05) is 37.3 Å². The number of fused-ring (bicyclic) bond motifs is 1. The van der Waals surface area contributed by atoms with E-state index in [0.29, 0.717) is 28.5 Å². The molecule has 0 atom stereocenters. The van der Waals surface area contributed by atoms with Crippen LogP contribution < -0.4 is 14.2 Å². The predicted octanol–water partition coefficient (Wildman–Crippen LogP) is 3.94. The summed E-state index contributed by atoms with van der Waals surface area (Å²) >= 11 is 0. The maximum atomic E-state index is 10.4. The summed E-state index contributed by atoms with van der Waals surface area (Å²) in [6.07, 6.45) is 0. The third-order valence-corrected chi connectivity index (χ3v) is 4.02. The fourth-order valence-corrected chi connectivity index (χ4v) is 2.75. The van der Waals surface area contributed by atoms with Gasteiger partial charge in [-0.05, 0) is 36.8 Å². The Morgan fingerprint density at radius 3 is 2.21 bits per heavy atom. The van der Waals surface area contributed by atoms with Gasteiger partial charge in [-0.3, -0.25) is 0 Å². The van der Waals surface area contributed by atoms with Crippen LogP contribution in [0.3, 0.4) is 0 Å². The van der Waals surface area contributed by atoms with Crippen molar-refractivity contribution in [3.8, 4) is 34.3 Å². The molecule has 3 rings (SSSR count). The van der Waals surface area contributed by atoms with Gasteiger partial charge in [0.15, 0.2) is 23.0 Å². The van der Waals surface area contributed by atoms with Crippen molar-refractivity contribution in [1.82, 2.24) is 4.98 Å². The summed E-state index contributed by atoms with van der Waals surface area (Å²) in [5.41, 5.74) is 3.08. The molecule has 0 spiro atoms. The number of aromatic nitrogens is 1. The highest BCUT2D eigenvalue weighted by Gasteiger charge is 2.14. The van der Waals surface area contributed by atoms with Crippen molar-refractivity contribution in [1.29, 1.82) is 0 Å². The fraction of sp³-hybridized carbons (Fsp3) is 0.211. The van der Waals surface area contributed by atoms with Crippen molar-refractivity contribution in [3.05, 3.63) is 42.0 Å². The van der Waals surface area contributed by atoms with Gasteiger partial charge in [0.25, 0.3) is 0 Å². The third kappa shape index (κ3) is 2.58. The molecule has 124 valence electrons. The summed E-state index contributed by atoms with van der Waals surface area (Å²) in [5, 5.41) is 11.3. The quantitative estimate of drug-likeness (QED) is 0.787. The number of nitrogens with zero attached hydrogens (tertiary/aromatic N) is 1. The van der Waals surface area contributed by atoms with Gasteiger partial charge in [-0.25, -0.2) is 4.98 Å². The third-order valence-electron chi connectivity index (χ3n) is 4.02. The van der Waals surface area contributed by atoms with E-state index < -0.39 is 0 Å². The Bertz CT molecular complexity index is 905. The number of hydrogen-bond donors (Lipinski definition) is 1. The number of rotatable bonds is 4. The molecule has 2 aromatic carbocycles. The highest BCUT2D eigenvalue weighted by Crippen LogP contribution is 2.39. The zero-order valence-electron chi connectivity index (χ0n) is 14.1. The minimum absolute atomic E-state index is 0.0757. The summed E-state index contributed by atoms with van der Waals surface area (Å²) in [7, 11) is 4.72. The van der Waals surface area contributed by atoms with Gasteiger partial charge in [0, 0.05) is 17.0 Å². The van der Waals surface area contributed by atoms with Crippen molar-refractivity contribution >= 4 is 10.9 Å². The average Bonchev–Trinajstić information content (AvgIpc) is 2.60. The monoisotopic (exact) mass is 325 g/mol. The predicted molar refractivity (Wildman–Crippen MR) is 93.2 cm³/mol. The number of pyridine rings is 1. The molecule has 1 aromatic heterocycles. The number of phenols is 1. The molecule has 0 aliphatic rings. The van der Waals surface area contributed by atoms with Crippen LogP contribution in [-0.2, 0) is 0 Å². The first-order chi connectivity index (χ1) is 11.6. The minimum atomic E-state index is 0.0757. The van der Waals surface area contributed by atoms with Crippen LogP contribution in [0.5, 0.6) is 23.0 Å². The van der Waals surface area contributed by atoms with E-state index in [1.165, 1.54) is 7.11 Å². The van der Waals surface area contributed by atoms with Crippen LogP contribution >= 0.6 is 0 Å². The lowest BCUT2D eigenvalue weighted by atomic mass is 10.0. The number of hydrogen-bond acceptors (Lipinski definition) is 5. The van der Waals surface area contributed by atoms with Crippen molar-refractivity contribution in [2.45, 2.75) is 6.92 Å². The Morgan fingerprint density at radius 2 is 1.54 bits per heavy atom. The zero-order valence-corrected chi connectivity index (χ0v) is 14.1. The van der Waals surface area contributed by atoms with Gasteiger partial charge in [0.2, 0.25) is 0 Å². The van der Waals surface area contributed by atoms with E-state index >= 15 is 0 Å². The van der Waals surface area contributed by atoms with Gasteiger partial charge < -0.3 is 19.3 Å². The van der Waals surface area contributed by atoms with Crippen LogP contribution in [0.1, 0.15) is 5.56 Å². The number of aryl methyl sites for hydroxylation is 1. The van der Waals surface area contributed by atoms with Gasteiger partial charge in [-0.15, -0.1) is 0 Å². The standard InChI is InChI=1S/C19H19NO4/c1-11-8-14(12-6-5-7-16(22-2)19(12)21)20-15-10-18(24-4)17(23-3)9-13(11)15/h5-10,21H,1-4H3. The Balaban J connectivity index is 2.24. The molecule has 0 bridgehead atoms. The smallest absolute Gasteiger partial charge is 0.167 e. The van der Waals surface area contributed by atoms with E-state index in [9.17, 15) is 5.11 Å². The van der Waals surface area contributed by atoms with Crippen LogP contribution in [-0.4, -0.2) is 31.4 Å². The molecule has 0 aliphatic carbocycles. The zero-order chi connectivity index (χ0) is 17.3. The van der Waals surface area contributed by atoms with Gasteiger partial charge in [0.1, 0.15) is 0 Å². The Labute approximate surface area is 140 Å². The van der Waals surface area contributed by atoms with Gasteiger partial charge in [-0.2, -0.15) is 0 Å². The average molecular weight is 325 g/mol. The second kappa shape index (κ2) is 6.28. The second-order valence-electron chi connectivity index (χ2n) is 5.41. The molecule has 0 unspecified atom stereocenters. The second-order valence-corrected chi connectivity index (χ2v) is 5.41. The summed E-state index contributed by atoms with van der Waals surface area (Å²) in [6, 6.07) is 11.0. The number of ether oxygens (including phenoxy) is 3. The molecule has 3 aromatic rings. The Morgan fingerprint density at radius 1 is 0.875 bits per heavy atom. The molecule has 1 heterocycles. The number of para-hydroxylation sites is 1. The van der Waals surface area contributed by atoms with Gasteiger partial charge >= 0.3 is 0 Å². The van der Waals surface area contributed by atoms with Crippen LogP contribution in [0.2, 0.25) is 0 Å². The van der Waals surface area contributed by atoms with Gasteiger partial charge in [0.05, 0.1) is 32.5 Å². The molecule has 1 N–H and O–H groups in total. The van der Waals surface area contributed by atoms with Crippen molar-refractivity contribution < 1.29 is 19.3 Å². The van der Waals surface area contributed by atoms with Gasteiger partial charge in [-0.1, -0.05) is 6.07 Å². The summed E-state index contributed by atoms with van der Waals surface area (Å²) < 4.78 is 15.9. The number of benzene rings is 2. The minimum Gasteiger partial charge on any atom is -0.504 e. The van der Waals surface area contributed by atoms with Crippen LogP contribution in [0.15, 0.2) is 36.4 Å². The highest BCUT2D eigenvalue weighted by molar-refractivity contribution is 5.88. The van der Waals surface area contributed by atoms with Crippen molar-refractivity contribution in [2.75, 3.05) is 21.3 Å². The van der Waals surface area contributed by atoms with E-state index in [2.05, 4.69) is 4.98 Å². The lowest BCUT2D eigenvalue weighted by Gasteiger charge is -2.13. The highest BCUT2D eigenvalue weighted by atomic mass is 16.5. The molecule has 0 saturated heterocycles. The molecule has 0 fully saturated rings. The topological polar surface area (TPSA) is 60.8 Å². The van der Waals surface area contributed by atoms with Crippen LogP contribution in [0.4, 0.5) is 0 Å². The molecule has 5 heteroatoms. The maximum Gasteiger partial charge on any atom is 0.167 e. The van der Waals surface area contributed by atoms with E-state index in [4.69, 9.17) is 14.2 Å². The first-order valence-electron chi connectivity index (χ1n) is 7.48. The Kier molecular flexibility index (Phi) is 4.16. The molecule has 24 heavy (non-hydrogen) atoms. The molecular weight excluding hydrogens is 306 g/mol. The van der Waals surface area contributed by atoms with Crippen LogP contribution in [0.25, 0.3) is 22.2 Å². The molecule has 0 radical (unpaired) electrons.